The molecule has 30 heavy (non-hydrogen) atoms. The van der Waals surface area contributed by atoms with E-state index in [0.717, 1.165) is 70.6 Å². The highest BCUT2D eigenvalue weighted by atomic mass is 16.3. The zero-order valence-electron chi connectivity index (χ0n) is 18.1. The van der Waals surface area contributed by atoms with Gasteiger partial charge in [-0.25, -0.2) is 0 Å². The Morgan fingerprint density at radius 3 is 2.47 bits per heavy atom. The van der Waals surface area contributed by atoms with E-state index in [1.54, 1.807) is 12.1 Å². The van der Waals surface area contributed by atoms with Crippen molar-refractivity contribution in [2.24, 2.45) is 0 Å². The van der Waals surface area contributed by atoms with Gasteiger partial charge in [0, 0.05) is 51.0 Å². The molecule has 1 aliphatic carbocycles. The Labute approximate surface area is 180 Å². The SMILES string of the molecule is CCCN(CCN1CCN(c2ccc(O)cc2)CC1)C1CCc2c(O)cccc2C1. The summed E-state index contributed by atoms with van der Waals surface area (Å²) in [7, 11) is 0. The van der Waals surface area contributed by atoms with Gasteiger partial charge in [-0.2, -0.15) is 0 Å². The molecule has 0 bridgehead atoms. The molecule has 1 saturated heterocycles. The van der Waals surface area contributed by atoms with Crippen LogP contribution in [0.5, 0.6) is 11.5 Å². The standard InChI is InChI=1S/C25H35N3O2/c1-2-12-27(22-8-11-24-20(19-22)4-3-5-25(24)30)16-13-26-14-17-28(18-15-26)21-6-9-23(29)10-7-21/h3-7,9-10,22,29-30H,2,8,11-19H2,1H3. The molecule has 2 aromatic carbocycles. The Balaban J connectivity index is 1.29. The molecule has 0 spiro atoms. The summed E-state index contributed by atoms with van der Waals surface area (Å²) in [5.41, 5.74) is 3.69. The smallest absolute Gasteiger partial charge is 0.119 e. The van der Waals surface area contributed by atoms with Crippen LogP contribution >= 0.6 is 0 Å². The Bertz CT molecular complexity index is 816. The molecule has 1 heterocycles. The second kappa shape index (κ2) is 9.71. The lowest BCUT2D eigenvalue weighted by atomic mass is 9.87. The van der Waals surface area contributed by atoms with E-state index < -0.39 is 0 Å². The van der Waals surface area contributed by atoms with Crippen molar-refractivity contribution >= 4 is 5.69 Å². The van der Waals surface area contributed by atoms with Gasteiger partial charge in [-0.3, -0.25) is 9.80 Å². The Morgan fingerprint density at radius 2 is 1.73 bits per heavy atom. The van der Waals surface area contributed by atoms with Gasteiger partial charge in [0.1, 0.15) is 11.5 Å². The molecule has 0 aromatic heterocycles. The summed E-state index contributed by atoms with van der Waals surface area (Å²) >= 11 is 0. The molecule has 2 aromatic rings. The Morgan fingerprint density at radius 1 is 0.967 bits per heavy atom. The number of anilines is 1. The molecule has 0 radical (unpaired) electrons. The van der Waals surface area contributed by atoms with Crippen LogP contribution < -0.4 is 4.90 Å². The highest BCUT2D eigenvalue weighted by Crippen LogP contribution is 2.30. The predicted molar refractivity (Wildman–Crippen MR) is 123 cm³/mol. The molecule has 2 aliphatic rings. The molecule has 1 fully saturated rings. The fourth-order valence-electron chi connectivity index (χ4n) is 5.01. The van der Waals surface area contributed by atoms with E-state index in [0.29, 0.717) is 17.5 Å². The molecular formula is C25H35N3O2. The van der Waals surface area contributed by atoms with Gasteiger partial charge in [-0.05, 0) is 73.7 Å². The second-order valence-corrected chi connectivity index (χ2v) is 8.69. The zero-order chi connectivity index (χ0) is 20.9. The van der Waals surface area contributed by atoms with E-state index >= 15 is 0 Å². The number of rotatable bonds is 7. The summed E-state index contributed by atoms with van der Waals surface area (Å²) < 4.78 is 0. The van der Waals surface area contributed by atoms with Crippen molar-refractivity contribution in [1.82, 2.24) is 9.80 Å². The van der Waals surface area contributed by atoms with E-state index in [4.69, 9.17) is 0 Å². The fourth-order valence-corrected chi connectivity index (χ4v) is 5.01. The van der Waals surface area contributed by atoms with Crippen molar-refractivity contribution < 1.29 is 10.2 Å². The first-order valence-corrected chi connectivity index (χ1v) is 11.4. The number of benzene rings is 2. The first-order valence-electron chi connectivity index (χ1n) is 11.4. The third kappa shape index (κ3) is 4.90. The molecule has 0 amide bonds. The highest BCUT2D eigenvalue weighted by Gasteiger charge is 2.26. The van der Waals surface area contributed by atoms with E-state index in [1.165, 1.54) is 17.7 Å². The average molecular weight is 410 g/mol. The van der Waals surface area contributed by atoms with Gasteiger partial charge in [-0.1, -0.05) is 19.1 Å². The molecule has 162 valence electrons. The fraction of sp³-hybridized carbons (Fsp3) is 0.520. The van der Waals surface area contributed by atoms with Crippen molar-refractivity contribution in [2.45, 2.75) is 38.6 Å². The zero-order valence-corrected chi connectivity index (χ0v) is 18.1. The number of phenolic OH excluding ortho intramolecular Hbond substituents is 2. The summed E-state index contributed by atoms with van der Waals surface area (Å²) in [5, 5.41) is 19.6. The average Bonchev–Trinajstić information content (AvgIpc) is 2.77. The van der Waals surface area contributed by atoms with Crippen LogP contribution in [0.1, 0.15) is 30.9 Å². The number of fused-ring (bicyclic) bond motifs is 1. The number of aromatic hydroxyl groups is 2. The third-order valence-electron chi connectivity index (χ3n) is 6.75. The summed E-state index contributed by atoms with van der Waals surface area (Å²) in [4.78, 5) is 7.67. The quantitative estimate of drug-likeness (QED) is 0.733. The first-order chi connectivity index (χ1) is 14.6. The molecule has 0 saturated carbocycles. The van der Waals surface area contributed by atoms with Gasteiger partial charge in [0.05, 0.1) is 0 Å². The molecule has 1 aliphatic heterocycles. The second-order valence-electron chi connectivity index (χ2n) is 8.69. The minimum Gasteiger partial charge on any atom is -0.508 e. The molecule has 2 N–H and O–H groups in total. The van der Waals surface area contributed by atoms with E-state index in [-0.39, 0.29) is 0 Å². The summed E-state index contributed by atoms with van der Waals surface area (Å²) in [6, 6.07) is 14.1. The van der Waals surface area contributed by atoms with E-state index in [9.17, 15) is 10.2 Å². The maximum absolute atomic E-state index is 10.1. The van der Waals surface area contributed by atoms with Crippen LogP contribution in [0, 0.1) is 0 Å². The monoisotopic (exact) mass is 409 g/mol. The maximum atomic E-state index is 10.1. The van der Waals surface area contributed by atoms with Gasteiger partial charge in [0.25, 0.3) is 0 Å². The van der Waals surface area contributed by atoms with Gasteiger partial charge in [-0.15, -0.1) is 0 Å². The number of nitrogens with zero attached hydrogens (tertiary/aromatic N) is 3. The van der Waals surface area contributed by atoms with Gasteiger partial charge in [0.15, 0.2) is 0 Å². The van der Waals surface area contributed by atoms with Gasteiger partial charge < -0.3 is 15.1 Å². The van der Waals surface area contributed by atoms with Gasteiger partial charge in [0.2, 0.25) is 0 Å². The largest absolute Gasteiger partial charge is 0.508 e. The molecule has 4 rings (SSSR count). The molecular weight excluding hydrogens is 374 g/mol. The van der Waals surface area contributed by atoms with Crippen LogP contribution in [0.15, 0.2) is 42.5 Å². The van der Waals surface area contributed by atoms with Crippen molar-refractivity contribution in [3.8, 4) is 11.5 Å². The number of phenols is 2. The first kappa shape index (κ1) is 21.0. The maximum Gasteiger partial charge on any atom is 0.119 e. The third-order valence-corrected chi connectivity index (χ3v) is 6.75. The molecule has 5 heteroatoms. The van der Waals surface area contributed by atoms with Crippen LogP contribution in [-0.4, -0.2) is 71.9 Å². The Hall–Kier alpha value is -2.24. The number of hydrogen-bond acceptors (Lipinski definition) is 5. The lowest BCUT2D eigenvalue weighted by Gasteiger charge is -2.39. The van der Waals surface area contributed by atoms with Crippen molar-refractivity contribution in [3.05, 3.63) is 53.6 Å². The highest BCUT2D eigenvalue weighted by molar-refractivity contribution is 5.49. The lowest BCUT2D eigenvalue weighted by molar-refractivity contribution is 0.145. The topological polar surface area (TPSA) is 50.2 Å². The van der Waals surface area contributed by atoms with Crippen LogP contribution in [0.3, 0.4) is 0 Å². The summed E-state index contributed by atoms with van der Waals surface area (Å²) in [6.45, 7) is 9.89. The minimum absolute atomic E-state index is 0.328. The minimum atomic E-state index is 0.328. The van der Waals surface area contributed by atoms with Crippen LogP contribution in [0.25, 0.3) is 0 Å². The summed E-state index contributed by atoms with van der Waals surface area (Å²) in [5.74, 6) is 0.799. The van der Waals surface area contributed by atoms with Crippen molar-refractivity contribution in [2.75, 3.05) is 50.7 Å². The van der Waals surface area contributed by atoms with Crippen LogP contribution in [0.4, 0.5) is 5.69 Å². The summed E-state index contributed by atoms with van der Waals surface area (Å²) in [6.07, 6.45) is 4.35. The molecule has 1 atom stereocenters. The van der Waals surface area contributed by atoms with Gasteiger partial charge >= 0.3 is 0 Å². The van der Waals surface area contributed by atoms with Crippen LogP contribution in [0.2, 0.25) is 0 Å². The van der Waals surface area contributed by atoms with E-state index in [1.807, 2.05) is 24.3 Å². The van der Waals surface area contributed by atoms with Crippen molar-refractivity contribution in [1.29, 1.82) is 0 Å². The van der Waals surface area contributed by atoms with Crippen molar-refractivity contribution in [3.63, 3.8) is 0 Å². The van der Waals surface area contributed by atoms with E-state index in [2.05, 4.69) is 27.7 Å². The molecule has 5 nitrogen and oxygen atoms in total. The van der Waals surface area contributed by atoms with Crippen LogP contribution in [-0.2, 0) is 12.8 Å². The normalized spacial score (nSPS) is 19.8. The number of piperazine rings is 1. The lowest BCUT2D eigenvalue weighted by Crippen LogP contribution is -2.50. The predicted octanol–water partition coefficient (Wildman–Crippen LogP) is 3.49. The number of hydrogen-bond donors (Lipinski definition) is 2. The Kier molecular flexibility index (Phi) is 6.80. The molecule has 1 unspecified atom stereocenters.